The van der Waals surface area contributed by atoms with Crippen LogP contribution in [0.25, 0.3) is 0 Å². The number of hydrogen-bond acceptors (Lipinski definition) is 3. The van der Waals surface area contributed by atoms with E-state index in [1.807, 2.05) is 12.1 Å². The maximum atomic E-state index is 11.9. The Kier molecular flexibility index (Phi) is 9.55. The number of nitrogens with one attached hydrogen (secondary N) is 2. The second-order valence-corrected chi connectivity index (χ2v) is 5.00. The number of hydrogen-bond donors (Lipinski definition) is 2. The van der Waals surface area contributed by atoms with Crippen molar-refractivity contribution in [3.05, 3.63) is 30.1 Å². The summed E-state index contributed by atoms with van der Waals surface area (Å²) < 4.78 is 0. The average Bonchev–Trinajstić information content (AvgIpc) is 2.40. The highest BCUT2D eigenvalue weighted by atomic mass is 35.5. The van der Waals surface area contributed by atoms with Crippen molar-refractivity contribution in [3.8, 4) is 0 Å². The molecule has 0 radical (unpaired) electrons. The largest absolute Gasteiger partial charge is 0.352 e. The molecule has 1 aliphatic rings. The Labute approximate surface area is 132 Å². The number of pyridine rings is 1. The molecule has 1 aromatic rings. The lowest BCUT2D eigenvalue weighted by atomic mass is 9.94. The predicted octanol–water partition coefficient (Wildman–Crippen LogP) is 1.97. The lowest BCUT2D eigenvalue weighted by Crippen LogP contribution is -2.50. The molecule has 2 atom stereocenters. The van der Waals surface area contributed by atoms with Gasteiger partial charge in [0.2, 0.25) is 5.91 Å². The summed E-state index contributed by atoms with van der Waals surface area (Å²) >= 11 is 0. The normalized spacial score (nSPS) is 21.2. The van der Waals surface area contributed by atoms with E-state index in [2.05, 4.69) is 22.5 Å². The summed E-state index contributed by atoms with van der Waals surface area (Å²) in [6.07, 6.45) is 5.99. The third-order valence-electron chi connectivity index (χ3n) is 3.56. The van der Waals surface area contributed by atoms with Gasteiger partial charge >= 0.3 is 0 Å². The van der Waals surface area contributed by atoms with Crippen LogP contribution in [-0.4, -0.2) is 30.0 Å². The highest BCUT2D eigenvalue weighted by Crippen LogP contribution is 2.11. The maximum absolute atomic E-state index is 11.9. The van der Waals surface area contributed by atoms with E-state index in [0.29, 0.717) is 12.3 Å². The molecule has 2 rings (SSSR count). The molecular formula is C14H23Cl2N3O. The number of amides is 1. The summed E-state index contributed by atoms with van der Waals surface area (Å²) in [5.74, 6) is 0.712. The Balaban J connectivity index is 0.00000180. The lowest BCUT2D eigenvalue weighted by Gasteiger charge is -2.30. The quantitative estimate of drug-likeness (QED) is 0.892. The molecule has 20 heavy (non-hydrogen) atoms. The Morgan fingerprint density at radius 2 is 2.10 bits per heavy atom. The van der Waals surface area contributed by atoms with Crippen LogP contribution in [0.2, 0.25) is 0 Å². The van der Waals surface area contributed by atoms with Crippen LogP contribution in [0, 0.1) is 5.92 Å². The summed E-state index contributed by atoms with van der Waals surface area (Å²) in [6.45, 7) is 4.15. The van der Waals surface area contributed by atoms with Gasteiger partial charge in [-0.15, -0.1) is 24.8 Å². The number of nitrogens with zero attached hydrogens (tertiary/aromatic N) is 1. The zero-order valence-corrected chi connectivity index (χ0v) is 13.3. The first-order valence-corrected chi connectivity index (χ1v) is 6.64. The van der Waals surface area contributed by atoms with Gasteiger partial charge in [-0.05, 0) is 43.0 Å². The summed E-state index contributed by atoms with van der Waals surface area (Å²) in [7, 11) is 0. The number of carbonyl (C=O) groups is 1. The fourth-order valence-corrected chi connectivity index (χ4v) is 2.27. The average molecular weight is 320 g/mol. The summed E-state index contributed by atoms with van der Waals surface area (Å²) in [6, 6.07) is 4.19. The van der Waals surface area contributed by atoms with Crippen molar-refractivity contribution in [1.82, 2.24) is 15.6 Å². The minimum absolute atomic E-state index is 0. The minimum atomic E-state index is 0. The number of aromatic nitrogens is 1. The molecule has 1 fully saturated rings. The predicted molar refractivity (Wildman–Crippen MR) is 85.6 cm³/mol. The highest BCUT2D eigenvalue weighted by Gasteiger charge is 2.22. The first-order valence-electron chi connectivity index (χ1n) is 6.64. The fraction of sp³-hybridized carbons (Fsp3) is 0.571. The molecule has 2 unspecified atom stereocenters. The Morgan fingerprint density at radius 3 is 2.75 bits per heavy atom. The van der Waals surface area contributed by atoms with Crippen molar-refractivity contribution in [2.75, 3.05) is 13.1 Å². The molecule has 1 aliphatic heterocycles. The molecule has 1 saturated heterocycles. The van der Waals surface area contributed by atoms with Crippen LogP contribution in [0.4, 0.5) is 0 Å². The summed E-state index contributed by atoms with van der Waals surface area (Å²) in [5.41, 5.74) is 1.16. The summed E-state index contributed by atoms with van der Waals surface area (Å²) in [4.78, 5) is 15.8. The van der Waals surface area contributed by atoms with Crippen LogP contribution in [0.3, 0.4) is 0 Å². The molecule has 2 N–H and O–H groups in total. The van der Waals surface area contributed by atoms with E-state index in [-0.39, 0.29) is 36.8 Å². The van der Waals surface area contributed by atoms with Crippen molar-refractivity contribution in [1.29, 1.82) is 0 Å². The zero-order chi connectivity index (χ0) is 12.8. The highest BCUT2D eigenvalue weighted by molar-refractivity contribution is 5.85. The second-order valence-electron chi connectivity index (χ2n) is 5.00. The maximum Gasteiger partial charge on any atom is 0.220 e. The van der Waals surface area contributed by atoms with Gasteiger partial charge in [0.15, 0.2) is 0 Å². The van der Waals surface area contributed by atoms with Gasteiger partial charge in [0, 0.05) is 31.4 Å². The second kappa shape index (κ2) is 9.97. The number of piperidine rings is 1. The smallest absolute Gasteiger partial charge is 0.220 e. The molecule has 114 valence electrons. The van der Waals surface area contributed by atoms with Crippen LogP contribution in [0.15, 0.2) is 24.5 Å². The van der Waals surface area contributed by atoms with Crippen LogP contribution >= 0.6 is 24.8 Å². The molecule has 0 spiro atoms. The standard InChI is InChI=1S/C14H21N3O.2ClH/c1-11-4-7-16-10-13(11)17-14(18)3-2-12-5-8-15-9-6-12;;/h5-6,8-9,11,13,16H,2-4,7,10H2,1H3,(H,17,18);2*1H. The molecule has 4 nitrogen and oxygen atoms in total. The van der Waals surface area contributed by atoms with Gasteiger partial charge in [0.05, 0.1) is 0 Å². The van der Waals surface area contributed by atoms with E-state index in [9.17, 15) is 4.79 Å². The third kappa shape index (κ3) is 6.07. The van der Waals surface area contributed by atoms with Crippen molar-refractivity contribution < 1.29 is 4.79 Å². The molecule has 0 aliphatic carbocycles. The Bertz CT molecular complexity index is 389. The number of rotatable bonds is 4. The zero-order valence-electron chi connectivity index (χ0n) is 11.7. The molecule has 0 aromatic carbocycles. The Morgan fingerprint density at radius 1 is 1.40 bits per heavy atom. The molecular weight excluding hydrogens is 297 g/mol. The van der Waals surface area contributed by atoms with Gasteiger partial charge in [-0.3, -0.25) is 9.78 Å². The van der Waals surface area contributed by atoms with E-state index in [0.717, 1.165) is 31.5 Å². The van der Waals surface area contributed by atoms with Crippen molar-refractivity contribution in [3.63, 3.8) is 0 Å². The van der Waals surface area contributed by atoms with E-state index >= 15 is 0 Å². The van der Waals surface area contributed by atoms with Crippen LogP contribution in [-0.2, 0) is 11.2 Å². The summed E-state index contributed by atoms with van der Waals surface area (Å²) in [5, 5.41) is 6.44. The van der Waals surface area contributed by atoms with Crippen LogP contribution in [0.1, 0.15) is 25.3 Å². The van der Waals surface area contributed by atoms with Gasteiger partial charge in [0.1, 0.15) is 0 Å². The van der Waals surface area contributed by atoms with Gasteiger partial charge < -0.3 is 10.6 Å². The molecule has 1 aromatic heterocycles. The molecule has 6 heteroatoms. The fourth-order valence-electron chi connectivity index (χ4n) is 2.27. The van der Waals surface area contributed by atoms with Crippen LogP contribution < -0.4 is 10.6 Å². The van der Waals surface area contributed by atoms with E-state index in [1.54, 1.807) is 12.4 Å². The van der Waals surface area contributed by atoms with Crippen molar-refractivity contribution >= 4 is 30.7 Å². The van der Waals surface area contributed by atoms with Gasteiger partial charge in [-0.25, -0.2) is 0 Å². The number of halogens is 2. The topological polar surface area (TPSA) is 54.0 Å². The monoisotopic (exact) mass is 319 g/mol. The minimum Gasteiger partial charge on any atom is -0.352 e. The van der Waals surface area contributed by atoms with E-state index < -0.39 is 0 Å². The molecule has 2 heterocycles. The lowest BCUT2D eigenvalue weighted by molar-refractivity contribution is -0.122. The Hall–Kier alpha value is -0.840. The van der Waals surface area contributed by atoms with Crippen molar-refractivity contribution in [2.45, 2.75) is 32.2 Å². The van der Waals surface area contributed by atoms with Gasteiger partial charge in [-0.2, -0.15) is 0 Å². The molecule has 0 bridgehead atoms. The van der Waals surface area contributed by atoms with E-state index in [4.69, 9.17) is 0 Å². The SMILES string of the molecule is CC1CCNCC1NC(=O)CCc1ccncc1.Cl.Cl. The first-order chi connectivity index (χ1) is 8.75. The van der Waals surface area contributed by atoms with E-state index in [1.165, 1.54) is 0 Å². The number of aryl methyl sites for hydroxylation is 1. The third-order valence-corrected chi connectivity index (χ3v) is 3.56. The number of carbonyl (C=O) groups excluding carboxylic acids is 1. The molecule has 1 amide bonds. The van der Waals surface area contributed by atoms with Crippen LogP contribution in [0.5, 0.6) is 0 Å². The first kappa shape index (κ1) is 19.2. The van der Waals surface area contributed by atoms with Gasteiger partial charge in [0.25, 0.3) is 0 Å². The molecule has 0 saturated carbocycles. The van der Waals surface area contributed by atoms with Crippen molar-refractivity contribution in [2.24, 2.45) is 5.92 Å². The van der Waals surface area contributed by atoms with Gasteiger partial charge in [-0.1, -0.05) is 6.92 Å².